The van der Waals surface area contributed by atoms with Crippen LogP contribution in [0, 0.1) is 5.92 Å². The van der Waals surface area contributed by atoms with Crippen molar-refractivity contribution < 1.29 is 0 Å². The lowest BCUT2D eigenvalue weighted by Gasteiger charge is -2.37. The van der Waals surface area contributed by atoms with E-state index in [4.69, 9.17) is 0 Å². The molecule has 0 bridgehead atoms. The minimum atomic E-state index is -0.0461. The van der Waals surface area contributed by atoms with E-state index in [-0.39, 0.29) is 10.7 Å². The van der Waals surface area contributed by atoms with Gasteiger partial charge < -0.3 is 4.90 Å². The molecule has 2 heterocycles. The third-order valence-electron chi connectivity index (χ3n) is 6.34. The van der Waals surface area contributed by atoms with Gasteiger partial charge in [-0.1, -0.05) is 77.4 Å². The first-order chi connectivity index (χ1) is 15.4. The van der Waals surface area contributed by atoms with Crippen molar-refractivity contribution in [3.63, 3.8) is 0 Å². The van der Waals surface area contributed by atoms with Crippen molar-refractivity contribution in [1.29, 1.82) is 0 Å². The van der Waals surface area contributed by atoms with Gasteiger partial charge in [0.15, 0.2) is 0 Å². The third kappa shape index (κ3) is 4.68. The smallest absolute Gasteiger partial charge is 0.0519 e. The van der Waals surface area contributed by atoms with Gasteiger partial charge in [-0.25, -0.2) is 0 Å². The predicted molar refractivity (Wildman–Crippen MR) is 135 cm³/mol. The largest absolute Gasteiger partial charge is 0.303 e. The lowest BCUT2D eigenvalue weighted by molar-refractivity contribution is 0.200. The van der Waals surface area contributed by atoms with Crippen LogP contribution >= 0.6 is 10.7 Å². The molecule has 1 fully saturated rings. The van der Waals surface area contributed by atoms with E-state index in [1.54, 1.807) is 0 Å². The number of para-hydroxylation sites is 1. The first-order valence-corrected chi connectivity index (χ1v) is 12.6. The number of piperidine rings is 1. The lowest BCUT2D eigenvalue weighted by atomic mass is 9.92. The van der Waals surface area contributed by atoms with Crippen molar-refractivity contribution in [3.05, 3.63) is 108 Å². The van der Waals surface area contributed by atoms with Gasteiger partial charge in [0, 0.05) is 23.1 Å². The normalized spacial score (nSPS) is 19.8. The van der Waals surface area contributed by atoms with Crippen molar-refractivity contribution >= 4 is 21.7 Å². The Kier molecular flexibility index (Phi) is 6.33. The van der Waals surface area contributed by atoms with Gasteiger partial charge in [-0.2, -0.15) is 0 Å². The van der Waals surface area contributed by atoms with Crippen LogP contribution in [0.5, 0.6) is 0 Å². The Labute approximate surface area is 188 Å². The summed E-state index contributed by atoms with van der Waals surface area (Å²) in [6.45, 7) is 3.55. The molecule has 0 amide bonds. The van der Waals surface area contributed by atoms with E-state index in [1.165, 1.54) is 54.3 Å². The maximum absolute atomic E-state index is 2.65. The molecular weight excluding hydrogens is 396 g/mol. The average Bonchev–Trinajstić information content (AvgIpc) is 3.30. The molecule has 3 heteroatoms. The van der Waals surface area contributed by atoms with Crippen LogP contribution in [0.3, 0.4) is 0 Å². The maximum Gasteiger partial charge on any atom is 0.0519 e. The van der Waals surface area contributed by atoms with Crippen LogP contribution in [0.2, 0.25) is 0 Å². The Hall–Kier alpha value is -2.62. The van der Waals surface area contributed by atoms with Crippen LogP contribution in [-0.4, -0.2) is 29.9 Å². The Morgan fingerprint density at radius 2 is 1.35 bits per heavy atom. The van der Waals surface area contributed by atoms with Gasteiger partial charge in [-0.3, -0.25) is 4.31 Å². The van der Waals surface area contributed by atoms with Crippen molar-refractivity contribution in [2.24, 2.45) is 5.92 Å². The second-order valence-corrected chi connectivity index (χ2v) is 10.1. The van der Waals surface area contributed by atoms with E-state index >= 15 is 0 Å². The van der Waals surface area contributed by atoms with Crippen molar-refractivity contribution in [3.8, 4) is 0 Å². The van der Waals surface area contributed by atoms with Gasteiger partial charge in [0.1, 0.15) is 0 Å². The fraction of sp³-hybridized carbons (Fsp3) is 0.250. The van der Waals surface area contributed by atoms with E-state index in [9.17, 15) is 0 Å². The first kappa shape index (κ1) is 20.3. The molecular formula is C28H30N2S. The standard InChI is InChI=1S/C28H30N2S/c1-4-10-24(11-5-1)16-20-29-21-17-25(18-22-29)28-19-23-31(27-14-8-3-9-15-27)30(28)26-12-6-2-7-13-26/h1-15,19,23,25H,16-18,20-22H2. The first-order valence-electron chi connectivity index (χ1n) is 11.3. The molecule has 0 N–H and O–H groups in total. The molecule has 3 aromatic carbocycles. The Morgan fingerprint density at radius 1 is 0.742 bits per heavy atom. The number of benzene rings is 3. The lowest BCUT2D eigenvalue weighted by Crippen LogP contribution is -2.37. The quantitative estimate of drug-likeness (QED) is 0.421. The number of nitrogens with zero attached hydrogens (tertiary/aromatic N) is 2. The summed E-state index contributed by atoms with van der Waals surface area (Å²) in [5.41, 5.74) is 4.25. The summed E-state index contributed by atoms with van der Waals surface area (Å²) in [4.78, 5) is 4.03. The summed E-state index contributed by atoms with van der Waals surface area (Å²) in [5.74, 6) is 0.630. The van der Waals surface area contributed by atoms with Crippen LogP contribution in [0.4, 0.5) is 5.69 Å². The molecule has 0 aromatic heterocycles. The number of rotatable bonds is 6. The van der Waals surface area contributed by atoms with Gasteiger partial charge in [0.25, 0.3) is 0 Å². The van der Waals surface area contributed by atoms with Gasteiger partial charge in [-0.15, -0.1) is 0 Å². The molecule has 1 atom stereocenters. The van der Waals surface area contributed by atoms with Crippen LogP contribution < -0.4 is 4.31 Å². The second kappa shape index (κ2) is 9.67. The summed E-state index contributed by atoms with van der Waals surface area (Å²) in [6, 6.07) is 32.8. The van der Waals surface area contributed by atoms with Gasteiger partial charge in [-0.05, 0) is 73.6 Å². The zero-order valence-corrected chi connectivity index (χ0v) is 18.8. The SMILES string of the molecule is C1=C(C2CCN(CCc3ccccc3)CC2)N(c2ccccc2)S(c2ccccc2)=C1. The zero-order valence-electron chi connectivity index (χ0n) is 17.9. The van der Waals surface area contributed by atoms with E-state index in [0.717, 1.165) is 6.42 Å². The van der Waals surface area contributed by atoms with Gasteiger partial charge >= 0.3 is 0 Å². The van der Waals surface area contributed by atoms with Crippen molar-refractivity contribution in [1.82, 2.24) is 4.90 Å². The number of anilines is 1. The predicted octanol–water partition coefficient (Wildman–Crippen LogP) is 6.39. The fourth-order valence-corrected chi connectivity index (χ4v) is 6.61. The summed E-state index contributed by atoms with van der Waals surface area (Å²) in [7, 11) is -0.0461. The highest BCUT2D eigenvalue weighted by Crippen LogP contribution is 2.45. The Bertz CT molecular complexity index is 1040. The fourth-order valence-electron chi connectivity index (χ4n) is 4.63. The number of likely N-dealkylation sites (tertiary alicyclic amines) is 1. The molecule has 0 spiro atoms. The highest BCUT2D eigenvalue weighted by molar-refractivity contribution is 8.16. The topological polar surface area (TPSA) is 6.48 Å². The molecule has 0 aliphatic carbocycles. The number of allylic oxidation sites excluding steroid dienone is 2. The average molecular weight is 427 g/mol. The molecule has 0 saturated carbocycles. The highest BCUT2D eigenvalue weighted by Gasteiger charge is 2.30. The number of hydrogen-bond acceptors (Lipinski definition) is 2. The van der Waals surface area contributed by atoms with Gasteiger partial charge in [0.2, 0.25) is 0 Å². The van der Waals surface area contributed by atoms with E-state index in [2.05, 4.69) is 112 Å². The zero-order chi connectivity index (χ0) is 20.9. The molecule has 0 radical (unpaired) electrons. The molecule has 3 aromatic rings. The van der Waals surface area contributed by atoms with Crippen LogP contribution in [0.25, 0.3) is 0 Å². The van der Waals surface area contributed by atoms with Crippen LogP contribution in [0.1, 0.15) is 18.4 Å². The van der Waals surface area contributed by atoms with E-state index in [0.29, 0.717) is 5.92 Å². The maximum atomic E-state index is 2.65. The Morgan fingerprint density at radius 3 is 2.03 bits per heavy atom. The summed E-state index contributed by atoms with van der Waals surface area (Å²) in [6.07, 6.45) is 6.04. The summed E-state index contributed by atoms with van der Waals surface area (Å²) >= 11 is 0. The number of hydrogen-bond donors (Lipinski definition) is 0. The molecule has 1 unspecified atom stereocenters. The van der Waals surface area contributed by atoms with Crippen LogP contribution in [-0.2, 0) is 6.42 Å². The van der Waals surface area contributed by atoms with Crippen molar-refractivity contribution in [2.75, 3.05) is 23.9 Å². The van der Waals surface area contributed by atoms with E-state index in [1.807, 2.05) is 0 Å². The monoisotopic (exact) mass is 426 g/mol. The second-order valence-electron chi connectivity index (χ2n) is 8.34. The summed E-state index contributed by atoms with van der Waals surface area (Å²) < 4.78 is 2.60. The van der Waals surface area contributed by atoms with Crippen molar-refractivity contribution in [2.45, 2.75) is 24.2 Å². The molecule has 31 heavy (non-hydrogen) atoms. The molecule has 1 saturated heterocycles. The molecule has 158 valence electrons. The summed E-state index contributed by atoms with van der Waals surface area (Å²) in [5, 5.41) is 2.42. The molecule has 2 aliphatic heterocycles. The minimum Gasteiger partial charge on any atom is -0.303 e. The molecule has 2 aliphatic rings. The van der Waals surface area contributed by atoms with E-state index < -0.39 is 0 Å². The highest BCUT2D eigenvalue weighted by atomic mass is 32.2. The third-order valence-corrected chi connectivity index (χ3v) is 8.30. The molecule has 2 nitrogen and oxygen atoms in total. The van der Waals surface area contributed by atoms with Crippen LogP contribution in [0.15, 0.2) is 108 Å². The molecule has 5 rings (SSSR count). The Balaban J connectivity index is 1.28. The van der Waals surface area contributed by atoms with Gasteiger partial charge in [0.05, 0.1) is 5.69 Å². The minimum absolute atomic E-state index is 0.0461.